The highest BCUT2D eigenvalue weighted by Crippen LogP contribution is 2.31. The minimum Gasteiger partial charge on any atom is -0.344 e. The van der Waals surface area contributed by atoms with Crippen LogP contribution in [0, 0.1) is 0 Å². The fourth-order valence-corrected chi connectivity index (χ4v) is 2.63. The van der Waals surface area contributed by atoms with E-state index in [2.05, 4.69) is 41.7 Å². The predicted molar refractivity (Wildman–Crippen MR) is 70.2 cm³/mol. The van der Waals surface area contributed by atoms with Gasteiger partial charge in [0, 0.05) is 12.6 Å². The van der Waals surface area contributed by atoms with Crippen LogP contribution in [0.25, 0.3) is 0 Å². The second-order valence-corrected chi connectivity index (χ2v) is 4.95. The summed E-state index contributed by atoms with van der Waals surface area (Å²) in [5.41, 5.74) is 2.55. The van der Waals surface area contributed by atoms with Crippen LogP contribution >= 0.6 is 0 Å². The maximum absolute atomic E-state index is 5.69. The third-order valence-electron chi connectivity index (χ3n) is 3.76. The summed E-state index contributed by atoms with van der Waals surface area (Å²) in [5.74, 6) is -0.505. The summed E-state index contributed by atoms with van der Waals surface area (Å²) in [6, 6.07) is 11.0. The van der Waals surface area contributed by atoms with Crippen molar-refractivity contribution in [1.29, 1.82) is 0 Å². The maximum atomic E-state index is 5.69. The van der Waals surface area contributed by atoms with E-state index in [1.165, 1.54) is 11.1 Å². The molecule has 3 nitrogen and oxygen atoms in total. The molecule has 0 aliphatic carbocycles. The molecule has 1 aromatic carbocycles. The van der Waals surface area contributed by atoms with Crippen LogP contribution in [0.3, 0.4) is 0 Å². The summed E-state index contributed by atoms with van der Waals surface area (Å²) in [6.45, 7) is 4.22. The molecule has 1 unspecified atom stereocenters. The molecule has 1 fully saturated rings. The molecule has 1 aromatic rings. The van der Waals surface area contributed by atoms with E-state index in [1.54, 1.807) is 0 Å². The molecule has 0 spiro atoms. The lowest BCUT2D eigenvalue weighted by Gasteiger charge is -2.31. The number of hydrogen-bond acceptors (Lipinski definition) is 3. The van der Waals surface area contributed by atoms with E-state index in [4.69, 9.17) is 9.47 Å². The van der Waals surface area contributed by atoms with E-state index in [0.717, 1.165) is 13.0 Å². The number of hydrogen-bond donors (Lipinski definition) is 1. The normalized spacial score (nSPS) is 26.9. The van der Waals surface area contributed by atoms with E-state index < -0.39 is 5.79 Å². The van der Waals surface area contributed by atoms with Gasteiger partial charge in [-0.3, -0.25) is 0 Å². The summed E-state index contributed by atoms with van der Waals surface area (Å²) in [4.78, 5) is 0. The van der Waals surface area contributed by atoms with Gasteiger partial charge in [0.15, 0.2) is 5.79 Å². The molecule has 96 valence electrons. The van der Waals surface area contributed by atoms with E-state index in [-0.39, 0.29) is 0 Å². The molecule has 1 atom stereocenters. The smallest absolute Gasteiger partial charge is 0.189 e. The van der Waals surface area contributed by atoms with Crippen molar-refractivity contribution < 1.29 is 9.47 Å². The summed E-state index contributed by atoms with van der Waals surface area (Å²) in [5, 5.41) is 3.56. The summed E-state index contributed by atoms with van der Waals surface area (Å²) in [6.07, 6.45) is 3.25. The lowest BCUT2D eigenvalue weighted by atomic mass is 9.95. The first-order valence-corrected chi connectivity index (χ1v) is 6.54. The zero-order valence-electron chi connectivity index (χ0n) is 10.7. The van der Waals surface area contributed by atoms with Crippen LogP contribution in [0.2, 0.25) is 0 Å². The van der Waals surface area contributed by atoms with Gasteiger partial charge in [-0.15, -0.1) is 0 Å². The third kappa shape index (κ3) is 2.21. The van der Waals surface area contributed by atoms with E-state index >= 15 is 0 Å². The van der Waals surface area contributed by atoms with Gasteiger partial charge in [-0.1, -0.05) is 36.4 Å². The lowest BCUT2D eigenvalue weighted by Crippen LogP contribution is -2.38. The Hall–Kier alpha value is -1.16. The Balaban J connectivity index is 1.72. The van der Waals surface area contributed by atoms with Gasteiger partial charge in [-0.2, -0.15) is 0 Å². The van der Waals surface area contributed by atoms with Gasteiger partial charge in [-0.25, -0.2) is 0 Å². The number of nitrogens with one attached hydrogen (secondary N) is 1. The van der Waals surface area contributed by atoms with Crippen LogP contribution < -0.4 is 5.32 Å². The molecule has 3 heteroatoms. The van der Waals surface area contributed by atoms with Crippen molar-refractivity contribution in [3.8, 4) is 0 Å². The average Bonchev–Trinajstić information content (AvgIpc) is 2.88. The van der Waals surface area contributed by atoms with Gasteiger partial charge in [0.25, 0.3) is 0 Å². The zero-order chi connectivity index (χ0) is 12.4. The van der Waals surface area contributed by atoms with Crippen LogP contribution in [-0.4, -0.2) is 25.5 Å². The largest absolute Gasteiger partial charge is 0.344 e. The predicted octanol–water partition coefficient (Wildman–Crippen LogP) is 2.41. The molecule has 0 saturated carbocycles. The van der Waals surface area contributed by atoms with Gasteiger partial charge >= 0.3 is 0 Å². The highest BCUT2D eigenvalue weighted by atomic mass is 16.7. The fourth-order valence-electron chi connectivity index (χ4n) is 2.63. The van der Waals surface area contributed by atoms with E-state index in [9.17, 15) is 0 Å². The highest BCUT2D eigenvalue weighted by Gasteiger charge is 2.36. The van der Waals surface area contributed by atoms with Crippen molar-refractivity contribution in [2.45, 2.75) is 25.2 Å². The molecule has 1 N–H and O–H groups in total. The van der Waals surface area contributed by atoms with Gasteiger partial charge in [0.2, 0.25) is 0 Å². The molecular weight excluding hydrogens is 226 g/mol. The average molecular weight is 245 g/mol. The van der Waals surface area contributed by atoms with Gasteiger partial charge in [0.05, 0.1) is 13.2 Å². The minimum atomic E-state index is -0.505. The SMILES string of the molecule is CC1(C2=CCC(c3ccccc3)NC2)OCCO1. The van der Waals surface area contributed by atoms with Crippen LogP contribution in [-0.2, 0) is 9.47 Å². The van der Waals surface area contributed by atoms with Crippen LogP contribution in [0.5, 0.6) is 0 Å². The molecule has 0 aromatic heterocycles. The van der Waals surface area contributed by atoms with Gasteiger partial charge < -0.3 is 14.8 Å². The highest BCUT2D eigenvalue weighted by molar-refractivity contribution is 5.25. The molecular formula is C15H19NO2. The van der Waals surface area contributed by atoms with Crippen molar-refractivity contribution in [1.82, 2.24) is 5.32 Å². The summed E-state index contributed by atoms with van der Waals surface area (Å²) in [7, 11) is 0. The van der Waals surface area contributed by atoms with Crippen molar-refractivity contribution in [3.05, 3.63) is 47.5 Å². The maximum Gasteiger partial charge on any atom is 0.189 e. The molecule has 3 rings (SSSR count). The van der Waals surface area contributed by atoms with Crippen molar-refractivity contribution in [2.24, 2.45) is 0 Å². The molecule has 0 radical (unpaired) electrons. The monoisotopic (exact) mass is 245 g/mol. The van der Waals surface area contributed by atoms with Crippen LogP contribution in [0.1, 0.15) is 24.9 Å². The van der Waals surface area contributed by atoms with Gasteiger partial charge in [0.1, 0.15) is 0 Å². The quantitative estimate of drug-likeness (QED) is 0.812. The Morgan fingerprint density at radius 3 is 2.50 bits per heavy atom. The molecule has 2 aliphatic rings. The number of rotatable bonds is 2. The van der Waals surface area contributed by atoms with Crippen molar-refractivity contribution in [2.75, 3.05) is 19.8 Å². The Kier molecular flexibility index (Phi) is 3.20. The number of ether oxygens (including phenoxy) is 2. The Labute approximate surface area is 108 Å². The van der Waals surface area contributed by atoms with E-state index in [1.807, 2.05) is 6.92 Å². The summed E-state index contributed by atoms with van der Waals surface area (Å²) >= 11 is 0. The fraction of sp³-hybridized carbons (Fsp3) is 0.467. The molecule has 2 aliphatic heterocycles. The van der Waals surface area contributed by atoms with Gasteiger partial charge in [-0.05, 0) is 24.5 Å². The Morgan fingerprint density at radius 1 is 1.17 bits per heavy atom. The Morgan fingerprint density at radius 2 is 1.89 bits per heavy atom. The lowest BCUT2D eigenvalue weighted by molar-refractivity contribution is -0.112. The van der Waals surface area contributed by atoms with Crippen molar-refractivity contribution >= 4 is 0 Å². The Bertz CT molecular complexity index is 435. The third-order valence-corrected chi connectivity index (χ3v) is 3.76. The first-order valence-electron chi connectivity index (χ1n) is 6.54. The topological polar surface area (TPSA) is 30.5 Å². The van der Waals surface area contributed by atoms with E-state index in [0.29, 0.717) is 19.3 Å². The first-order chi connectivity index (χ1) is 8.78. The molecule has 18 heavy (non-hydrogen) atoms. The number of benzene rings is 1. The standard InChI is InChI=1S/C15H19NO2/c1-15(17-9-10-18-15)13-7-8-14(16-11-13)12-5-3-2-4-6-12/h2-7,14,16H,8-11H2,1H3. The summed E-state index contributed by atoms with van der Waals surface area (Å²) < 4.78 is 11.4. The second-order valence-electron chi connectivity index (χ2n) is 4.95. The van der Waals surface area contributed by atoms with Crippen LogP contribution in [0.4, 0.5) is 0 Å². The zero-order valence-corrected chi connectivity index (χ0v) is 10.7. The second kappa shape index (κ2) is 4.84. The van der Waals surface area contributed by atoms with Crippen molar-refractivity contribution in [3.63, 3.8) is 0 Å². The molecule has 0 bridgehead atoms. The molecule has 0 amide bonds. The molecule has 1 saturated heterocycles. The van der Waals surface area contributed by atoms with Crippen LogP contribution in [0.15, 0.2) is 42.0 Å². The first kappa shape index (κ1) is 11.9. The molecule has 2 heterocycles. The minimum absolute atomic E-state index is 0.403.